The van der Waals surface area contributed by atoms with Gasteiger partial charge < -0.3 is 15.0 Å². The van der Waals surface area contributed by atoms with Crippen LogP contribution < -0.4 is 15.0 Å². The highest BCUT2D eigenvalue weighted by molar-refractivity contribution is 5.99. The lowest BCUT2D eigenvalue weighted by Gasteiger charge is -2.18. The van der Waals surface area contributed by atoms with E-state index in [1.807, 2.05) is 55.5 Å². The van der Waals surface area contributed by atoms with E-state index in [4.69, 9.17) is 4.74 Å². The highest BCUT2D eigenvalue weighted by Crippen LogP contribution is 2.23. The number of anilines is 1. The van der Waals surface area contributed by atoms with Crippen LogP contribution in [0.3, 0.4) is 0 Å². The van der Waals surface area contributed by atoms with E-state index in [9.17, 15) is 9.59 Å². The molecule has 2 amide bonds. The van der Waals surface area contributed by atoms with Crippen LogP contribution in [0.1, 0.15) is 47.3 Å². The Kier molecular flexibility index (Phi) is 6.26. The second-order valence-corrected chi connectivity index (χ2v) is 7.61. The fraction of sp³-hybridized carbons (Fsp3) is 0.240. The Balaban J connectivity index is 1.36. The van der Waals surface area contributed by atoms with Crippen molar-refractivity contribution in [1.29, 1.82) is 0 Å². The summed E-state index contributed by atoms with van der Waals surface area (Å²) in [7, 11) is 0. The molecule has 0 saturated carbocycles. The first-order chi connectivity index (χ1) is 15.1. The molecule has 6 nitrogen and oxygen atoms in total. The van der Waals surface area contributed by atoms with Crippen LogP contribution in [0.25, 0.3) is 0 Å². The number of benzene rings is 2. The lowest BCUT2D eigenvalue weighted by atomic mass is 10.1. The standard InChI is InChI=1S/C25H25N3O3/c1-18(20-9-11-23(12-10-20)31-17-19-5-3-13-26-16-19)27-25(30)21-6-2-7-22(15-21)28-14-4-8-24(28)29/h2-3,5-7,9-13,15-16,18H,4,8,14,17H2,1H3,(H,27,30). The molecule has 4 rings (SSSR count). The highest BCUT2D eigenvalue weighted by atomic mass is 16.5. The first-order valence-electron chi connectivity index (χ1n) is 10.4. The Morgan fingerprint density at radius 3 is 2.71 bits per heavy atom. The fourth-order valence-electron chi connectivity index (χ4n) is 3.60. The monoisotopic (exact) mass is 415 g/mol. The van der Waals surface area contributed by atoms with Crippen LogP contribution in [-0.4, -0.2) is 23.3 Å². The number of hydrogen-bond acceptors (Lipinski definition) is 4. The molecule has 0 radical (unpaired) electrons. The number of rotatable bonds is 7. The largest absolute Gasteiger partial charge is 0.489 e. The Morgan fingerprint density at radius 2 is 2.00 bits per heavy atom. The lowest BCUT2D eigenvalue weighted by molar-refractivity contribution is -0.117. The number of amides is 2. The number of pyridine rings is 1. The predicted molar refractivity (Wildman–Crippen MR) is 119 cm³/mol. The molecule has 1 aliphatic heterocycles. The van der Waals surface area contributed by atoms with Crippen LogP contribution in [0.4, 0.5) is 5.69 Å². The van der Waals surface area contributed by atoms with Crippen LogP contribution in [0.2, 0.25) is 0 Å². The summed E-state index contributed by atoms with van der Waals surface area (Å²) < 4.78 is 5.79. The second-order valence-electron chi connectivity index (χ2n) is 7.61. The summed E-state index contributed by atoms with van der Waals surface area (Å²) in [4.78, 5) is 30.6. The van der Waals surface area contributed by atoms with Crippen molar-refractivity contribution >= 4 is 17.5 Å². The number of nitrogens with one attached hydrogen (secondary N) is 1. The van der Waals surface area contributed by atoms with Gasteiger partial charge in [0.05, 0.1) is 6.04 Å². The van der Waals surface area contributed by atoms with Gasteiger partial charge in [-0.25, -0.2) is 0 Å². The molecule has 1 fully saturated rings. The molecule has 1 N–H and O–H groups in total. The fourth-order valence-corrected chi connectivity index (χ4v) is 3.60. The SMILES string of the molecule is CC(NC(=O)c1cccc(N2CCCC2=O)c1)c1ccc(OCc2cccnc2)cc1. The third-order valence-corrected chi connectivity index (χ3v) is 5.35. The van der Waals surface area contributed by atoms with E-state index in [2.05, 4.69) is 10.3 Å². The zero-order valence-corrected chi connectivity index (χ0v) is 17.5. The van der Waals surface area contributed by atoms with E-state index in [1.54, 1.807) is 29.4 Å². The molecule has 0 spiro atoms. The summed E-state index contributed by atoms with van der Waals surface area (Å²) in [5.41, 5.74) is 3.30. The first kappa shape index (κ1) is 20.6. The molecule has 1 aromatic heterocycles. The van der Waals surface area contributed by atoms with Gasteiger partial charge in [0.15, 0.2) is 0 Å². The van der Waals surface area contributed by atoms with E-state index < -0.39 is 0 Å². The molecule has 1 unspecified atom stereocenters. The summed E-state index contributed by atoms with van der Waals surface area (Å²) >= 11 is 0. The summed E-state index contributed by atoms with van der Waals surface area (Å²) in [6.45, 7) is 3.10. The zero-order valence-electron chi connectivity index (χ0n) is 17.5. The van der Waals surface area contributed by atoms with E-state index in [0.29, 0.717) is 25.1 Å². The van der Waals surface area contributed by atoms with Gasteiger partial charge in [-0.1, -0.05) is 24.3 Å². The van der Waals surface area contributed by atoms with Crippen molar-refractivity contribution in [2.75, 3.05) is 11.4 Å². The average molecular weight is 415 g/mol. The molecule has 2 aromatic carbocycles. The zero-order chi connectivity index (χ0) is 21.6. The summed E-state index contributed by atoms with van der Waals surface area (Å²) in [5, 5.41) is 3.03. The number of nitrogens with zero attached hydrogens (tertiary/aromatic N) is 2. The smallest absolute Gasteiger partial charge is 0.251 e. The van der Waals surface area contributed by atoms with Gasteiger partial charge in [-0.2, -0.15) is 0 Å². The Labute approximate surface area is 181 Å². The van der Waals surface area contributed by atoms with E-state index in [0.717, 1.165) is 29.0 Å². The van der Waals surface area contributed by atoms with Crippen LogP contribution >= 0.6 is 0 Å². The van der Waals surface area contributed by atoms with Gasteiger partial charge in [-0.3, -0.25) is 14.6 Å². The van der Waals surface area contributed by atoms with Crippen molar-refractivity contribution < 1.29 is 14.3 Å². The minimum Gasteiger partial charge on any atom is -0.489 e. The molecule has 3 aromatic rings. The number of aromatic nitrogens is 1. The maximum Gasteiger partial charge on any atom is 0.251 e. The van der Waals surface area contributed by atoms with Crippen molar-refractivity contribution in [2.45, 2.75) is 32.4 Å². The minimum absolute atomic E-state index is 0.108. The van der Waals surface area contributed by atoms with Crippen molar-refractivity contribution in [3.05, 3.63) is 89.7 Å². The molecular weight excluding hydrogens is 390 g/mol. The molecule has 158 valence electrons. The molecule has 2 heterocycles. The van der Waals surface area contributed by atoms with Gasteiger partial charge in [0.25, 0.3) is 5.91 Å². The van der Waals surface area contributed by atoms with Gasteiger partial charge in [-0.05, 0) is 55.3 Å². The van der Waals surface area contributed by atoms with Gasteiger partial charge in [0.2, 0.25) is 5.91 Å². The van der Waals surface area contributed by atoms with Gasteiger partial charge in [0, 0.05) is 42.2 Å². The van der Waals surface area contributed by atoms with Crippen molar-refractivity contribution in [3.63, 3.8) is 0 Å². The van der Waals surface area contributed by atoms with Crippen LogP contribution in [0.5, 0.6) is 5.75 Å². The molecule has 0 bridgehead atoms. The number of ether oxygens (including phenoxy) is 1. The molecule has 6 heteroatoms. The third kappa shape index (κ3) is 5.09. The summed E-state index contributed by atoms with van der Waals surface area (Å²) in [6.07, 6.45) is 4.93. The van der Waals surface area contributed by atoms with Gasteiger partial charge in [0.1, 0.15) is 12.4 Å². The molecule has 1 saturated heterocycles. The van der Waals surface area contributed by atoms with E-state index in [1.165, 1.54) is 0 Å². The van der Waals surface area contributed by atoms with Crippen molar-refractivity contribution in [1.82, 2.24) is 10.3 Å². The third-order valence-electron chi connectivity index (χ3n) is 5.35. The summed E-state index contributed by atoms with van der Waals surface area (Å²) in [5.74, 6) is 0.698. The van der Waals surface area contributed by atoms with Crippen LogP contribution in [0.15, 0.2) is 73.1 Å². The predicted octanol–water partition coefficient (Wildman–Crippen LogP) is 4.28. The molecular formula is C25H25N3O3. The highest BCUT2D eigenvalue weighted by Gasteiger charge is 2.22. The molecule has 1 atom stereocenters. The molecule has 31 heavy (non-hydrogen) atoms. The quantitative estimate of drug-likeness (QED) is 0.625. The lowest BCUT2D eigenvalue weighted by Crippen LogP contribution is -2.27. The maximum atomic E-state index is 12.8. The Hall–Kier alpha value is -3.67. The molecule has 0 aliphatic carbocycles. The number of hydrogen-bond donors (Lipinski definition) is 1. The van der Waals surface area contributed by atoms with Gasteiger partial charge in [-0.15, -0.1) is 0 Å². The van der Waals surface area contributed by atoms with Crippen LogP contribution in [-0.2, 0) is 11.4 Å². The number of carbonyl (C=O) groups is 2. The van der Waals surface area contributed by atoms with Crippen molar-refractivity contribution in [3.8, 4) is 5.75 Å². The Morgan fingerprint density at radius 1 is 1.16 bits per heavy atom. The Bertz CT molecular complexity index is 1050. The molecule has 1 aliphatic rings. The second kappa shape index (κ2) is 9.43. The normalized spacial score (nSPS) is 14.4. The average Bonchev–Trinajstić information content (AvgIpc) is 3.24. The van der Waals surface area contributed by atoms with Gasteiger partial charge >= 0.3 is 0 Å². The van der Waals surface area contributed by atoms with E-state index >= 15 is 0 Å². The van der Waals surface area contributed by atoms with Crippen LogP contribution in [0, 0.1) is 0 Å². The maximum absolute atomic E-state index is 12.8. The van der Waals surface area contributed by atoms with E-state index in [-0.39, 0.29) is 17.9 Å². The number of carbonyl (C=O) groups excluding carboxylic acids is 2. The summed E-state index contributed by atoms with van der Waals surface area (Å²) in [6, 6.07) is 18.6. The minimum atomic E-state index is -0.169. The van der Waals surface area contributed by atoms with Crippen molar-refractivity contribution in [2.24, 2.45) is 0 Å². The first-order valence-corrected chi connectivity index (χ1v) is 10.4. The topological polar surface area (TPSA) is 71.5 Å².